The van der Waals surface area contributed by atoms with Gasteiger partial charge in [0.1, 0.15) is 0 Å². The van der Waals surface area contributed by atoms with E-state index in [1.54, 1.807) is 37.5 Å². The van der Waals surface area contributed by atoms with Crippen molar-refractivity contribution in [3.63, 3.8) is 0 Å². The Bertz CT molecular complexity index is 654. The second-order valence-electron chi connectivity index (χ2n) is 4.32. The maximum atomic E-state index is 11.9. The maximum Gasteiger partial charge on any atom is 0.331 e. The van der Waals surface area contributed by atoms with Crippen LogP contribution in [-0.4, -0.2) is 26.9 Å². The van der Waals surface area contributed by atoms with E-state index >= 15 is 0 Å². The average Bonchev–Trinajstić information content (AvgIpc) is 2.85. The minimum absolute atomic E-state index is 0.399. The third kappa shape index (κ3) is 4.06. The Kier molecular flexibility index (Phi) is 4.59. The number of nitrogens with zero attached hydrogens (tertiary/aromatic N) is 2. The van der Waals surface area contributed by atoms with Gasteiger partial charge in [-0.25, -0.2) is 9.59 Å². The molecule has 1 unspecified atom stereocenters. The third-order valence-corrected chi connectivity index (χ3v) is 3.21. The van der Waals surface area contributed by atoms with Crippen molar-refractivity contribution in [1.82, 2.24) is 15.1 Å². The number of aromatic nitrogens is 2. The number of carbonyl (C=O) groups is 2. The summed E-state index contributed by atoms with van der Waals surface area (Å²) in [6.45, 7) is 0. The number of anilines is 1. The lowest BCUT2D eigenvalue weighted by Gasteiger charge is -2.13. The van der Waals surface area contributed by atoms with Gasteiger partial charge in [0.15, 0.2) is 6.04 Å². The third-order valence-electron chi connectivity index (χ3n) is 2.68. The molecule has 0 aliphatic heterocycles. The second kappa shape index (κ2) is 6.40. The topological polar surface area (TPSA) is 96.2 Å². The standard InChI is InChI=1S/C13H13BrN4O3/c1-18-7-8(6-15-18)11(12(19)20)17-13(21)16-10-4-2-9(14)3-5-10/h2-7,11H,1H3,(H,19,20)(H2,16,17,21). The highest BCUT2D eigenvalue weighted by Gasteiger charge is 2.23. The molecule has 1 atom stereocenters. The first kappa shape index (κ1) is 15.0. The molecule has 2 aromatic rings. The van der Waals surface area contributed by atoms with E-state index in [2.05, 4.69) is 31.7 Å². The van der Waals surface area contributed by atoms with E-state index in [4.69, 9.17) is 0 Å². The molecule has 7 nitrogen and oxygen atoms in total. The number of benzene rings is 1. The predicted octanol–water partition coefficient (Wildman–Crippen LogP) is 2.13. The zero-order valence-electron chi connectivity index (χ0n) is 11.1. The van der Waals surface area contributed by atoms with Gasteiger partial charge in [-0.1, -0.05) is 15.9 Å². The Hall–Kier alpha value is -2.35. The number of carboxylic acids is 1. The number of hydrogen-bond donors (Lipinski definition) is 3. The number of nitrogens with one attached hydrogen (secondary N) is 2. The summed E-state index contributed by atoms with van der Waals surface area (Å²) in [6, 6.07) is 5.17. The van der Waals surface area contributed by atoms with Crippen molar-refractivity contribution in [1.29, 1.82) is 0 Å². The first-order valence-corrected chi connectivity index (χ1v) is 6.79. The summed E-state index contributed by atoms with van der Waals surface area (Å²) in [6.07, 6.45) is 2.94. The molecule has 1 aromatic heterocycles. The van der Waals surface area contributed by atoms with Gasteiger partial charge in [-0.2, -0.15) is 5.10 Å². The number of aliphatic carboxylic acids is 1. The van der Waals surface area contributed by atoms with Crippen molar-refractivity contribution in [3.8, 4) is 0 Å². The Morgan fingerprint density at radius 2 is 2.00 bits per heavy atom. The smallest absolute Gasteiger partial charge is 0.331 e. The van der Waals surface area contributed by atoms with Crippen molar-refractivity contribution >= 4 is 33.6 Å². The number of carbonyl (C=O) groups excluding carboxylic acids is 1. The highest BCUT2D eigenvalue weighted by molar-refractivity contribution is 9.10. The monoisotopic (exact) mass is 352 g/mol. The van der Waals surface area contributed by atoms with E-state index in [-0.39, 0.29) is 0 Å². The molecule has 0 saturated carbocycles. The van der Waals surface area contributed by atoms with Crippen LogP contribution in [0, 0.1) is 0 Å². The molecule has 2 rings (SSSR count). The number of amides is 2. The second-order valence-corrected chi connectivity index (χ2v) is 5.24. The van der Waals surface area contributed by atoms with Crippen molar-refractivity contribution in [2.45, 2.75) is 6.04 Å². The van der Waals surface area contributed by atoms with Gasteiger partial charge >= 0.3 is 12.0 Å². The number of halogens is 1. The summed E-state index contributed by atoms with van der Waals surface area (Å²) in [5.41, 5.74) is 0.960. The van der Waals surface area contributed by atoms with E-state index in [9.17, 15) is 14.7 Å². The summed E-state index contributed by atoms with van der Waals surface area (Å²) >= 11 is 3.29. The number of urea groups is 1. The molecule has 0 aliphatic rings. The maximum absolute atomic E-state index is 11.9. The van der Waals surface area contributed by atoms with Crippen LogP contribution in [0.2, 0.25) is 0 Å². The van der Waals surface area contributed by atoms with Crippen LogP contribution in [-0.2, 0) is 11.8 Å². The molecule has 0 fully saturated rings. The summed E-state index contributed by atoms with van der Waals surface area (Å²) in [4.78, 5) is 23.1. The van der Waals surface area contributed by atoms with Crippen molar-refractivity contribution < 1.29 is 14.7 Å². The molecule has 1 heterocycles. The molecular weight excluding hydrogens is 340 g/mol. The normalized spacial score (nSPS) is 11.7. The van der Waals surface area contributed by atoms with E-state index in [0.717, 1.165) is 4.47 Å². The Labute approximate surface area is 129 Å². The minimum Gasteiger partial charge on any atom is -0.479 e. The van der Waals surface area contributed by atoms with Crippen LogP contribution < -0.4 is 10.6 Å². The lowest BCUT2D eigenvalue weighted by atomic mass is 10.1. The first-order valence-electron chi connectivity index (χ1n) is 6.00. The molecule has 0 radical (unpaired) electrons. The molecule has 21 heavy (non-hydrogen) atoms. The molecule has 0 spiro atoms. The van der Waals surface area contributed by atoms with E-state index in [1.165, 1.54) is 10.9 Å². The first-order chi connectivity index (χ1) is 9.95. The SMILES string of the molecule is Cn1cc(C(NC(=O)Nc2ccc(Br)cc2)C(=O)O)cn1. The fraction of sp³-hybridized carbons (Fsp3) is 0.154. The zero-order chi connectivity index (χ0) is 15.4. The van der Waals surface area contributed by atoms with Crippen LogP contribution >= 0.6 is 15.9 Å². The number of rotatable bonds is 4. The molecule has 1 aromatic carbocycles. The van der Waals surface area contributed by atoms with Gasteiger partial charge in [0.25, 0.3) is 0 Å². The Morgan fingerprint density at radius 1 is 1.33 bits per heavy atom. The van der Waals surface area contributed by atoms with Gasteiger partial charge in [0.05, 0.1) is 6.20 Å². The molecule has 8 heteroatoms. The molecule has 110 valence electrons. The number of aryl methyl sites for hydroxylation is 1. The minimum atomic E-state index is -1.16. The average molecular weight is 353 g/mol. The van der Waals surface area contributed by atoms with Crippen LogP contribution in [0.25, 0.3) is 0 Å². The Balaban J connectivity index is 2.05. The van der Waals surface area contributed by atoms with E-state index < -0.39 is 18.0 Å². The highest BCUT2D eigenvalue weighted by Crippen LogP contribution is 2.15. The molecule has 3 N–H and O–H groups in total. The van der Waals surface area contributed by atoms with Crippen molar-refractivity contribution in [2.24, 2.45) is 7.05 Å². The van der Waals surface area contributed by atoms with Gasteiger partial charge in [-0.3, -0.25) is 4.68 Å². The fourth-order valence-corrected chi connectivity index (χ4v) is 1.97. The fourth-order valence-electron chi connectivity index (χ4n) is 1.71. The molecule has 0 aliphatic carbocycles. The summed E-state index contributed by atoms with van der Waals surface area (Å²) in [7, 11) is 1.67. The van der Waals surface area contributed by atoms with Crippen molar-refractivity contribution in [2.75, 3.05) is 5.32 Å². The Morgan fingerprint density at radius 3 is 2.52 bits per heavy atom. The van der Waals surface area contributed by atoms with Gasteiger partial charge in [0.2, 0.25) is 0 Å². The molecule has 0 bridgehead atoms. The molecule has 2 amide bonds. The largest absolute Gasteiger partial charge is 0.479 e. The quantitative estimate of drug-likeness (QED) is 0.785. The lowest BCUT2D eigenvalue weighted by molar-refractivity contribution is -0.139. The highest BCUT2D eigenvalue weighted by atomic mass is 79.9. The van der Waals surface area contributed by atoms with Crippen LogP contribution in [0.15, 0.2) is 41.1 Å². The van der Waals surface area contributed by atoms with Crippen molar-refractivity contribution in [3.05, 3.63) is 46.7 Å². The van der Waals surface area contributed by atoms with Crippen LogP contribution in [0.4, 0.5) is 10.5 Å². The van der Waals surface area contributed by atoms with Gasteiger partial charge < -0.3 is 15.7 Å². The van der Waals surface area contributed by atoms with Gasteiger partial charge in [-0.15, -0.1) is 0 Å². The van der Waals surface area contributed by atoms with Crippen LogP contribution in [0.1, 0.15) is 11.6 Å². The summed E-state index contributed by atoms with van der Waals surface area (Å²) in [5.74, 6) is -1.16. The zero-order valence-corrected chi connectivity index (χ0v) is 12.7. The predicted molar refractivity (Wildman–Crippen MR) is 79.9 cm³/mol. The van der Waals surface area contributed by atoms with E-state index in [0.29, 0.717) is 11.3 Å². The number of carboxylic acid groups (broad SMARTS) is 1. The van der Waals surface area contributed by atoms with Crippen LogP contribution in [0.3, 0.4) is 0 Å². The summed E-state index contributed by atoms with van der Waals surface area (Å²) < 4.78 is 2.35. The molecular formula is C13H13BrN4O3. The van der Waals surface area contributed by atoms with Gasteiger partial charge in [-0.05, 0) is 24.3 Å². The number of hydrogen-bond acceptors (Lipinski definition) is 3. The van der Waals surface area contributed by atoms with Gasteiger partial charge in [0, 0.05) is 29.0 Å². The van der Waals surface area contributed by atoms with Crippen LogP contribution in [0.5, 0.6) is 0 Å². The van der Waals surface area contributed by atoms with E-state index in [1.807, 2.05) is 0 Å². The summed E-state index contributed by atoms with van der Waals surface area (Å²) in [5, 5.41) is 18.1. The molecule has 0 saturated heterocycles. The lowest BCUT2D eigenvalue weighted by Crippen LogP contribution is -2.36.